The van der Waals surface area contributed by atoms with Crippen LogP contribution in [0.15, 0.2) is 22.7 Å². The Kier molecular flexibility index (Phi) is 5.56. The van der Waals surface area contributed by atoms with Gasteiger partial charge in [-0.25, -0.2) is 4.39 Å². The number of hydrogen-bond acceptors (Lipinski definition) is 1. The normalized spacial score (nSPS) is 10.5. The van der Waals surface area contributed by atoms with Crippen molar-refractivity contribution in [3.63, 3.8) is 0 Å². The van der Waals surface area contributed by atoms with Gasteiger partial charge < -0.3 is 0 Å². The van der Waals surface area contributed by atoms with E-state index < -0.39 is 0 Å². The standard InChI is InChI=1S/C11H14BrFS/c1-2-3-6-14-8-9-4-5-10(13)7-11(9)12/h4-5,7H,2-3,6,8H2,1H3. The number of thioether (sulfide) groups is 1. The molecule has 0 aliphatic rings. The molecule has 0 spiro atoms. The van der Waals surface area contributed by atoms with Crippen LogP contribution in [0, 0.1) is 5.82 Å². The van der Waals surface area contributed by atoms with E-state index in [2.05, 4.69) is 22.9 Å². The van der Waals surface area contributed by atoms with E-state index in [-0.39, 0.29) is 5.82 Å². The molecule has 0 atom stereocenters. The Morgan fingerprint density at radius 1 is 1.43 bits per heavy atom. The molecule has 0 radical (unpaired) electrons. The van der Waals surface area contributed by atoms with Crippen molar-refractivity contribution in [3.8, 4) is 0 Å². The molecule has 0 N–H and O–H groups in total. The highest BCUT2D eigenvalue weighted by molar-refractivity contribution is 9.10. The molecule has 1 aromatic rings. The summed E-state index contributed by atoms with van der Waals surface area (Å²) < 4.78 is 13.6. The van der Waals surface area contributed by atoms with Crippen molar-refractivity contribution in [2.24, 2.45) is 0 Å². The number of unbranched alkanes of at least 4 members (excludes halogenated alkanes) is 1. The minimum absolute atomic E-state index is 0.181. The Morgan fingerprint density at radius 3 is 2.86 bits per heavy atom. The maximum Gasteiger partial charge on any atom is 0.124 e. The molecule has 0 aliphatic carbocycles. The van der Waals surface area contributed by atoms with E-state index in [1.807, 2.05) is 17.8 Å². The van der Waals surface area contributed by atoms with Gasteiger partial charge in [0.15, 0.2) is 0 Å². The SMILES string of the molecule is CCCCSCc1ccc(F)cc1Br. The molecule has 3 heteroatoms. The number of rotatable bonds is 5. The monoisotopic (exact) mass is 276 g/mol. The van der Waals surface area contributed by atoms with E-state index in [9.17, 15) is 4.39 Å². The number of halogens is 2. The fourth-order valence-corrected chi connectivity index (χ4v) is 2.85. The van der Waals surface area contributed by atoms with E-state index >= 15 is 0 Å². The molecule has 0 heterocycles. The predicted molar refractivity (Wildman–Crippen MR) is 65.2 cm³/mol. The predicted octanol–water partition coefficient (Wildman–Crippen LogP) is 4.62. The Hall–Kier alpha value is -0.0200. The first kappa shape index (κ1) is 12.1. The molecule has 0 aromatic heterocycles. The van der Waals surface area contributed by atoms with Crippen LogP contribution < -0.4 is 0 Å². The Bertz CT molecular complexity index is 289. The maximum atomic E-state index is 12.8. The van der Waals surface area contributed by atoms with Gasteiger partial charge in [0.1, 0.15) is 5.82 Å². The van der Waals surface area contributed by atoms with Gasteiger partial charge in [-0.2, -0.15) is 11.8 Å². The molecule has 78 valence electrons. The summed E-state index contributed by atoms with van der Waals surface area (Å²) in [5.41, 5.74) is 1.17. The zero-order chi connectivity index (χ0) is 10.4. The van der Waals surface area contributed by atoms with E-state index in [1.165, 1.54) is 36.3 Å². The Labute approximate surface area is 97.4 Å². The lowest BCUT2D eigenvalue weighted by Gasteiger charge is -2.03. The topological polar surface area (TPSA) is 0 Å². The zero-order valence-electron chi connectivity index (χ0n) is 8.22. The lowest BCUT2D eigenvalue weighted by molar-refractivity contribution is 0.626. The van der Waals surface area contributed by atoms with Gasteiger partial charge in [-0.1, -0.05) is 35.3 Å². The molecule has 1 rings (SSSR count). The largest absolute Gasteiger partial charge is 0.207 e. The third kappa shape index (κ3) is 4.01. The molecular formula is C11H14BrFS. The van der Waals surface area contributed by atoms with Crippen molar-refractivity contribution in [2.75, 3.05) is 5.75 Å². The highest BCUT2D eigenvalue weighted by Crippen LogP contribution is 2.23. The van der Waals surface area contributed by atoms with Crippen molar-refractivity contribution >= 4 is 27.7 Å². The van der Waals surface area contributed by atoms with Crippen molar-refractivity contribution in [1.82, 2.24) is 0 Å². The summed E-state index contributed by atoms with van der Waals surface area (Å²) in [5.74, 6) is 1.96. The maximum absolute atomic E-state index is 12.8. The highest BCUT2D eigenvalue weighted by Gasteiger charge is 2.01. The summed E-state index contributed by atoms with van der Waals surface area (Å²) in [6, 6.07) is 4.88. The van der Waals surface area contributed by atoms with Crippen LogP contribution in [0.2, 0.25) is 0 Å². The number of hydrogen-bond donors (Lipinski definition) is 0. The first-order chi connectivity index (χ1) is 6.74. The molecular weight excluding hydrogens is 263 g/mol. The quantitative estimate of drug-likeness (QED) is 0.707. The first-order valence-electron chi connectivity index (χ1n) is 4.75. The Balaban J connectivity index is 2.42. The highest BCUT2D eigenvalue weighted by atomic mass is 79.9. The molecule has 0 aliphatic heterocycles. The molecule has 0 fully saturated rings. The minimum Gasteiger partial charge on any atom is -0.207 e. The molecule has 0 saturated carbocycles. The van der Waals surface area contributed by atoms with Crippen molar-refractivity contribution < 1.29 is 4.39 Å². The lowest BCUT2D eigenvalue weighted by atomic mass is 10.2. The van der Waals surface area contributed by atoms with Crippen LogP contribution in [0.5, 0.6) is 0 Å². The smallest absolute Gasteiger partial charge is 0.124 e. The summed E-state index contributed by atoms with van der Waals surface area (Å²) in [5, 5.41) is 0. The zero-order valence-corrected chi connectivity index (χ0v) is 10.6. The molecule has 14 heavy (non-hydrogen) atoms. The van der Waals surface area contributed by atoms with Gasteiger partial charge in [0.25, 0.3) is 0 Å². The second-order valence-corrected chi connectivity index (χ2v) is 5.10. The Morgan fingerprint density at radius 2 is 2.21 bits per heavy atom. The van der Waals surface area contributed by atoms with Crippen molar-refractivity contribution in [2.45, 2.75) is 25.5 Å². The molecule has 0 saturated heterocycles. The summed E-state index contributed by atoms with van der Waals surface area (Å²) in [7, 11) is 0. The summed E-state index contributed by atoms with van der Waals surface area (Å²) in [6.07, 6.45) is 2.49. The van der Waals surface area contributed by atoms with Gasteiger partial charge in [-0.15, -0.1) is 0 Å². The van der Waals surface area contributed by atoms with Crippen LogP contribution in [0.1, 0.15) is 25.3 Å². The third-order valence-electron chi connectivity index (χ3n) is 1.91. The van der Waals surface area contributed by atoms with Crippen LogP contribution >= 0.6 is 27.7 Å². The number of benzene rings is 1. The van der Waals surface area contributed by atoms with Crippen LogP contribution in [0.3, 0.4) is 0 Å². The first-order valence-corrected chi connectivity index (χ1v) is 6.70. The van der Waals surface area contributed by atoms with Crippen LogP contribution in [-0.4, -0.2) is 5.75 Å². The van der Waals surface area contributed by atoms with Gasteiger partial charge >= 0.3 is 0 Å². The summed E-state index contributed by atoms with van der Waals surface area (Å²) >= 11 is 5.26. The fraction of sp³-hybridized carbons (Fsp3) is 0.455. The second kappa shape index (κ2) is 6.46. The average molecular weight is 277 g/mol. The van der Waals surface area contributed by atoms with Crippen LogP contribution in [0.25, 0.3) is 0 Å². The summed E-state index contributed by atoms with van der Waals surface area (Å²) in [4.78, 5) is 0. The van der Waals surface area contributed by atoms with E-state index in [0.29, 0.717) is 0 Å². The van der Waals surface area contributed by atoms with Crippen LogP contribution in [0.4, 0.5) is 4.39 Å². The van der Waals surface area contributed by atoms with E-state index in [4.69, 9.17) is 0 Å². The molecule has 0 unspecified atom stereocenters. The molecule has 0 amide bonds. The second-order valence-electron chi connectivity index (χ2n) is 3.14. The third-order valence-corrected chi connectivity index (χ3v) is 3.75. The lowest BCUT2D eigenvalue weighted by Crippen LogP contribution is -1.86. The van der Waals surface area contributed by atoms with E-state index in [1.54, 1.807) is 0 Å². The van der Waals surface area contributed by atoms with Gasteiger partial charge in [0, 0.05) is 10.2 Å². The van der Waals surface area contributed by atoms with Crippen molar-refractivity contribution in [1.29, 1.82) is 0 Å². The molecule has 0 bridgehead atoms. The summed E-state index contributed by atoms with van der Waals surface area (Å²) in [6.45, 7) is 2.19. The van der Waals surface area contributed by atoms with Crippen LogP contribution in [-0.2, 0) is 5.75 Å². The molecule has 1 aromatic carbocycles. The van der Waals surface area contributed by atoms with E-state index in [0.717, 1.165) is 10.2 Å². The van der Waals surface area contributed by atoms with Gasteiger partial charge in [0.2, 0.25) is 0 Å². The average Bonchev–Trinajstić information content (AvgIpc) is 2.15. The van der Waals surface area contributed by atoms with Gasteiger partial charge in [-0.05, 0) is 29.9 Å². The van der Waals surface area contributed by atoms with Gasteiger partial charge in [-0.3, -0.25) is 0 Å². The van der Waals surface area contributed by atoms with Crippen molar-refractivity contribution in [3.05, 3.63) is 34.1 Å². The fourth-order valence-electron chi connectivity index (χ4n) is 1.07. The van der Waals surface area contributed by atoms with Gasteiger partial charge in [0.05, 0.1) is 0 Å². The minimum atomic E-state index is -0.181. The molecule has 0 nitrogen and oxygen atoms in total.